The van der Waals surface area contributed by atoms with Crippen molar-refractivity contribution >= 4 is 17.0 Å². The van der Waals surface area contributed by atoms with Gasteiger partial charge in [-0.1, -0.05) is 0 Å². The molecule has 0 unspecified atom stereocenters. The zero-order chi connectivity index (χ0) is 14.7. The quantitative estimate of drug-likeness (QED) is 0.919. The van der Waals surface area contributed by atoms with Crippen LogP contribution >= 0.6 is 11.3 Å². The zero-order valence-corrected chi connectivity index (χ0v) is 12.5. The summed E-state index contributed by atoms with van der Waals surface area (Å²) in [5.41, 5.74) is 1.38. The van der Waals surface area contributed by atoms with Gasteiger partial charge in [0.1, 0.15) is 17.3 Å². The van der Waals surface area contributed by atoms with Gasteiger partial charge in [0.25, 0.3) is 0 Å². The maximum Gasteiger partial charge on any atom is 0.149 e. The van der Waals surface area contributed by atoms with Crippen LogP contribution in [0.1, 0.15) is 16.3 Å². The molecule has 1 aromatic heterocycles. The molecule has 0 spiro atoms. The fourth-order valence-electron chi connectivity index (χ4n) is 2.09. The predicted octanol–water partition coefficient (Wildman–Crippen LogP) is 3.09. The third-order valence-corrected chi connectivity index (χ3v) is 3.73. The minimum Gasteiger partial charge on any atom is -0.364 e. The molecule has 1 N–H and O–H groups in total. The number of benzene rings is 1. The number of nitrogens with zero attached hydrogens (tertiary/aromatic N) is 2. The summed E-state index contributed by atoms with van der Waals surface area (Å²) in [6, 6.07) is 2.72. The van der Waals surface area contributed by atoms with E-state index in [0.29, 0.717) is 18.7 Å². The highest BCUT2D eigenvalue weighted by Crippen LogP contribution is 2.25. The van der Waals surface area contributed by atoms with Crippen LogP contribution in [0.3, 0.4) is 0 Å². The van der Waals surface area contributed by atoms with Gasteiger partial charge in [0, 0.05) is 19.0 Å². The number of halogens is 2. The molecule has 0 aliphatic rings. The molecule has 2 rings (SSSR count). The number of thiazole rings is 1. The molecule has 20 heavy (non-hydrogen) atoms. The smallest absolute Gasteiger partial charge is 0.149 e. The molecule has 1 aromatic carbocycles. The largest absolute Gasteiger partial charge is 0.364 e. The second-order valence-corrected chi connectivity index (χ2v) is 5.71. The average Bonchev–Trinajstić information content (AvgIpc) is 2.74. The van der Waals surface area contributed by atoms with Crippen LogP contribution in [0.4, 0.5) is 14.5 Å². The predicted molar refractivity (Wildman–Crippen MR) is 78.1 cm³/mol. The normalized spacial score (nSPS) is 10.8. The second-order valence-electron chi connectivity index (χ2n) is 4.65. The first-order chi connectivity index (χ1) is 9.51. The fraction of sp³-hybridized carbons (Fsp3) is 0.357. The summed E-state index contributed by atoms with van der Waals surface area (Å²) in [6.07, 6.45) is 0. The van der Waals surface area contributed by atoms with Crippen molar-refractivity contribution in [3.8, 4) is 0 Å². The van der Waals surface area contributed by atoms with Crippen LogP contribution in [0.15, 0.2) is 17.5 Å². The lowest BCUT2D eigenvalue weighted by Crippen LogP contribution is -2.20. The summed E-state index contributed by atoms with van der Waals surface area (Å²) in [5, 5.41) is 5.72. The van der Waals surface area contributed by atoms with Crippen molar-refractivity contribution in [2.24, 2.45) is 0 Å². The van der Waals surface area contributed by atoms with E-state index >= 15 is 0 Å². The highest BCUT2D eigenvalue weighted by molar-refractivity contribution is 7.09. The lowest BCUT2D eigenvalue weighted by atomic mass is 10.1. The lowest BCUT2D eigenvalue weighted by Gasteiger charge is -2.20. The average molecular weight is 297 g/mol. The van der Waals surface area contributed by atoms with E-state index < -0.39 is 11.6 Å². The standard InChI is InChI=1S/C14H17F2N3S/c1-9-18-11(8-20-9)7-19(3)14-12(15)4-10(6-17-2)5-13(14)16/h4-5,8,17H,6-7H2,1-3H3. The molecule has 3 nitrogen and oxygen atoms in total. The van der Waals surface area contributed by atoms with Gasteiger partial charge >= 0.3 is 0 Å². The Morgan fingerprint density at radius 1 is 1.30 bits per heavy atom. The Labute approximate surface area is 121 Å². The highest BCUT2D eigenvalue weighted by atomic mass is 32.1. The van der Waals surface area contributed by atoms with Crippen LogP contribution in [0.2, 0.25) is 0 Å². The highest BCUT2D eigenvalue weighted by Gasteiger charge is 2.16. The molecular weight excluding hydrogens is 280 g/mol. The van der Waals surface area contributed by atoms with E-state index in [9.17, 15) is 8.78 Å². The van der Waals surface area contributed by atoms with Gasteiger partial charge in [0.2, 0.25) is 0 Å². The SMILES string of the molecule is CNCc1cc(F)c(N(C)Cc2csc(C)n2)c(F)c1. The van der Waals surface area contributed by atoms with Crippen molar-refractivity contribution in [3.05, 3.63) is 45.4 Å². The van der Waals surface area contributed by atoms with Crippen LogP contribution < -0.4 is 10.2 Å². The number of aryl methyl sites for hydroxylation is 1. The van der Waals surface area contributed by atoms with E-state index in [1.807, 2.05) is 12.3 Å². The number of hydrogen-bond donors (Lipinski definition) is 1. The molecular formula is C14H17F2N3S. The summed E-state index contributed by atoms with van der Waals surface area (Å²) in [4.78, 5) is 5.85. The van der Waals surface area contributed by atoms with Gasteiger partial charge in [0.15, 0.2) is 0 Å². The Morgan fingerprint density at radius 3 is 2.45 bits per heavy atom. The Bertz CT molecular complexity index is 575. The van der Waals surface area contributed by atoms with Crippen LogP contribution in [0, 0.1) is 18.6 Å². The molecule has 0 fully saturated rings. The maximum absolute atomic E-state index is 14.1. The van der Waals surface area contributed by atoms with Crippen LogP contribution in [0.25, 0.3) is 0 Å². The number of aromatic nitrogens is 1. The molecule has 6 heteroatoms. The molecule has 0 radical (unpaired) electrons. The summed E-state index contributed by atoms with van der Waals surface area (Å²) in [7, 11) is 3.40. The maximum atomic E-state index is 14.1. The molecule has 0 aliphatic carbocycles. The van der Waals surface area contributed by atoms with E-state index in [2.05, 4.69) is 10.3 Å². The minimum absolute atomic E-state index is 0.0180. The number of anilines is 1. The van der Waals surface area contributed by atoms with E-state index in [1.165, 1.54) is 23.5 Å². The van der Waals surface area contributed by atoms with Gasteiger partial charge in [-0.3, -0.25) is 0 Å². The number of rotatable bonds is 5. The number of hydrogen-bond acceptors (Lipinski definition) is 4. The van der Waals surface area contributed by atoms with Crippen molar-refractivity contribution in [1.82, 2.24) is 10.3 Å². The molecule has 1 heterocycles. The molecule has 0 atom stereocenters. The summed E-state index contributed by atoms with van der Waals surface area (Å²) >= 11 is 1.53. The van der Waals surface area contributed by atoms with Crippen molar-refractivity contribution in [2.45, 2.75) is 20.0 Å². The molecule has 0 aliphatic heterocycles. The Hall–Kier alpha value is -1.53. The summed E-state index contributed by atoms with van der Waals surface area (Å²) < 4.78 is 28.1. The van der Waals surface area contributed by atoms with Gasteiger partial charge in [0.05, 0.1) is 17.2 Å². The fourth-order valence-corrected chi connectivity index (χ4v) is 2.70. The molecule has 0 amide bonds. The van der Waals surface area contributed by atoms with Crippen molar-refractivity contribution < 1.29 is 8.78 Å². The first-order valence-electron chi connectivity index (χ1n) is 6.26. The molecule has 0 bridgehead atoms. The van der Waals surface area contributed by atoms with Crippen molar-refractivity contribution in [3.63, 3.8) is 0 Å². The number of nitrogens with one attached hydrogen (secondary N) is 1. The van der Waals surface area contributed by atoms with Crippen molar-refractivity contribution in [2.75, 3.05) is 19.0 Å². The third-order valence-electron chi connectivity index (χ3n) is 2.91. The summed E-state index contributed by atoms with van der Waals surface area (Å²) in [5.74, 6) is -1.10. The minimum atomic E-state index is -0.551. The topological polar surface area (TPSA) is 28.2 Å². The van der Waals surface area contributed by atoms with Gasteiger partial charge in [-0.15, -0.1) is 11.3 Å². The monoisotopic (exact) mass is 297 g/mol. The van der Waals surface area contributed by atoms with Crippen LogP contribution in [-0.2, 0) is 13.1 Å². The van der Waals surface area contributed by atoms with Gasteiger partial charge in [-0.25, -0.2) is 13.8 Å². The molecule has 108 valence electrons. The molecule has 0 saturated carbocycles. The van der Waals surface area contributed by atoms with Gasteiger partial charge < -0.3 is 10.2 Å². The van der Waals surface area contributed by atoms with Crippen molar-refractivity contribution in [1.29, 1.82) is 0 Å². The first kappa shape index (κ1) is 14.9. The zero-order valence-electron chi connectivity index (χ0n) is 11.7. The molecule has 0 saturated heterocycles. The first-order valence-corrected chi connectivity index (χ1v) is 7.14. The second kappa shape index (κ2) is 6.28. The molecule has 2 aromatic rings. The Kier molecular flexibility index (Phi) is 4.67. The van der Waals surface area contributed by atoms with E-state index in [0.717, 1.165) is 10.7 Å². The van der Waals surface area contributed by atoms with Gasteiger partial charge in [-0.2, -0.15) is 0 Å². The third kappa shape index (κ3) is 3.32. The van der Waals surface area contributed by atoms with Crippen LogP contribution in [0.5, 0.6) is 0 Å². The Balaban J connectivity index is 2.23. The van der Waals surface area contributed by atoms with E-state index in [1.54, 1.807) is 19.0 Å². The lowest BCUT2D eigenvalue weighted by molar-refractivity contribution is 0.571. The van der Waals surface area contributed by atoms with E-state index in [4.69, 9.17) is 0 Å². The van der Waals surface area contributed by atoms with Crippen LogP contribution in [-0.4, -0.2) is 19.1 Å². The Morgan fingerprint density at radius 2 is 1.95 bits per heavy atom. The van der Waals surface area contributed by atoms with E-state index in [-0.39, 0.29) is 5.69 Å². The van der Waals surface area contributed by atoms with Gasteiger partial charge in [-0.05, 0) is 31.7 Å². The summed E-state index contributed by atoms with van der Waals surface area (Å²) in [6.45, 7) is 2.72.